The van der Waals surface area contributed by atoms with Gasteiger partial charge in [-0.3, -0.25) is 4.79 Å². The van der Waals surface area contributed by atoms with Gasteiger partial charge in [-0.25, -0.2) is 4.39 Å². The predicted octanol–water partition coefficient (Wildman–Crippen LogP) is 3.03. The number of halogens is 1. The van der Waals surface area contributed by atoms with Crippen LogP contribution in [0.15, 0.2) is 29.6 Å². The van der Waals surface area contributed by atoms with Gasteiger partial charge in [0.25, 0.3) is 5.91 Å². The lowest BCUT2D eigenvalue weighted by atomic mass is 10.2. The zero-order chi connectivity index (χ0) is 12.4. The summed E-state index contributed by atoms with van der Waals surface area (Å²) in [5, 5.41) is 4.38. The van der Waals surface area contributed by atoms with Crippen LogP contribution < -0.4 is 11.1 Å². The Morgan fingerprint density at radius 2 is 2.18 bits per heavy atom. The molecule has 2 aromatic rings. The van der Waals surface area contributed by atoms with Crippen LogP contribution in [0.4, 0.5) is 15.8 Å². The number of carbonyl (C=O) groups is 1. The van der Waals surface area contributed by atoms with Gasteiger partial charge in [-0.1, -0.05) is 6.07 Å². The molecule has 0 radical (unpaired) electrons. The third-order valence-corrected chi connectivity index (χ3v) is 3.35. The van der Waals surface area contributed by atoms with Gasteiger partial charge in [0.1, 0.15) is 10.7 Å². The molecule has 0 saturated carbocycles. The number of hydrogen-bond acceptors (Lipinski definition) is 3. The fraction of sp³-hybridized carbons (Fsp3) is 0.0833. The van der Waals surface area contributed by atoms with Gasteiger partial charge >= 0.3 is 0 Å². The highest BCUT2D eigenvalue weighted by Gasteiger charge is 2.13. The maximum absolute atomic E-state index is 13.3. The van der Waals surface area contributed by atoms with E-state index in [2.05, 4.69) is 5.32 Å². The summed E-state index contributed by atoms with van der Waals surface area (Å²) in [5.41, 5.74) is 6.94. The van der Waals surface area contributed by atoms with Gasteiger partial charge in [0.15, 0.2) is 0 Å². The minimum atomic E-state index is -0.345. The quantitative estimate of drug-likeness (QED) is 0.860. The summed E-state index contributed by atoms with van der Waals surface area (Å²) in [5.74, 6) is -0.659. The second kappa shape index (κ2) is 4.55. The summed E-state index contributed by atoms with van der Waals surface area (Å²) < 4.78 is 13.3. The summed E-state index contributed by atoms with van der Waals surface area (Å²) in [7, 11) is 0. The molecule has 0 aliphatic rings. The average Bonchev–Trinajstić information content (AvgIpc) is 2.71. The number of thiophene rings is 1. The molecule has 3 N–H and O–H groups in total. The van der Waals surface area contributed by atoms with Crippen LogP contribution >= 0.6 is 11.3 Å². The van der Waals surface area contributed by atoms with Crippen molar-refractivity contribution in [3.05, 3.63) is 45.9 Å². The summed E-state index contributed by atoms with van der Waals surface area (Å²) >= 11 is 1.26. The van der Waals surface area contributed by atoms with Gasteiger partial charge in [0.2, 0.25) is 0 Å². The molecule has 1 heterocycles. The Morgan fingerprint density at radius 3 is 2.82 bits per heavy atom. The minimum absolute atomic E-state index is 0.314. The lowest BCUT2D eigenvalue weighted by Gasteiger charge is -2.08. The summed E-state index contributed by atoms with van der Waals surface area (Å²) in [6.45, 7) is 1.61. The molecule has 0 saturated heterocycles. The molecule has 0 bridgehead atoms. The largest absolute Gasteiger partial charge is 0.397 e. The monoisotopic (exact) mass is 250 g/mol. The van der Waals surface area contributed by atoms with Gasteiger partial charge < -0.3 is 11.1 Å². The molecule has 1 aromatic heterocycles. The van der Waals surface area contributed by atoms with E-state index in [1.807, 2.05) is 0 Å². The molecule has 17 heavy (non-hydrogen) atoms. The maximum Gasteiger partial charge on any atom is 0.267 e. The summed E-state index contributed by atoms with van der Waals surface area (Å²) in [6, 6.07) is 6.22. The Hall–Kier alpha value is -1.88. The Kier molecular flexibility index (Phi) is 3.10. The zero-order valence-corrected chi connectivity index (χ0v) is 9.98. The second-order valence-corrected chi connectivity index (χ2v) is 4.49. The van der Waals surface area contributed by atoms with E-state index in [0.717, 1.165) is 0 Å². The third kappa shape index (κ3) is 2.29. The Morgan fingerprint density at radius 1 is 1.41 bits per heavy atom. The van der Waals surface area contributed by atoms with E-state index in [-0.39, 0.29) is 11.7 Å². The smallest absolute Gasteiger partial charge is 0.267 e. The van der Waals surface area contributed by atoms with Crippen LogP contribution in [0.1, 0.15) is 15.2 Å². The third-order valence-electron chi connectivity index (χ3n) is 2.42. The number of nitrogens with two attached hydrogens (primary N) is 1. The molecule has 0 aliphatic carbocycles. The molecule has 1 aromatic carbocycles. The van der Waals surface area contributed by atoms with Crippen LogP contribution in [-0.4, -0.2) is 5.91 Å². The first kappa shape index (κ1) is 11.6. The molecule has 0 spiro atoms. The van der Waals surface area contributed by atoms with E-state index in [1.54, 1.807) is 30.5 Å². The van der Waals surface area contributed by atoms with E-state index < -0.39 is 0 Å². The topological polar surface area (TPSA) is 55.1 Å². The number of benzene rings is 1. The molecule has 2 rings (SSSR count). The molecule has 0 atom stereocenters. The van der Waals surface area contributed by atoms with E-state index >= 15 is 0 Å². The van der Waals surface area contributed by atoms with Crippen molar-refractivity contribution in [2.45, 2.75) is 6.92 Å². The van der Waals surface area contributed by atoms with Crippen LogP contribution in [0.5, 0.6) is 0 Å². The highest BCUT2D eigenvalue weighted by atomic mass is 32.1. The number of rotatable bonds is 2. The molecule has 0 unspecified atom stereocenters. The number of carbonyl (C=O) groups excluding carboxylic acids is 1. The normalized spacial score (nSPS) is 10.2. The van der Waals surface area contributed by atoms with E-state index in [4.69, 9.17) is 5.73 Å². The Bertz CT molecular complexity index is 565. The predicted molar refractivity (Wildman–Crippen MR) is 67.8 cm³/mol. The van der Waals surface area contributed by atoms with Gasteiger partial charge in [0, 0.05) is 11.3 Å². The second-order valence-electron chi connectivity index (χ2n) is 3.57. The van der Waals surface area contributed by atoms with E-state index in [9.17, 15) is 9.18 Å². The van der Waals surface area contributed by atoms with Crippen molar-refractivity contribution < 1.29 is 9.18 Å². The van der Waals surface area contributed by atoms with Crippen molar-refractivity contribution >= 4 is 28.6 Å². The number of nitrogen functional groups attached to an aromatic ring is 1. The number of hydrogen-bond donors (Lipinski definition) is 2. The molecule has 1 amide bonds. The number of anilines is 2. The van der Waals surface area contributed by atoms with Gasteiger partial charge in [-0.2, -0.15) is 0 Å². The molecular formula is C12H11FN2OS. The van der Waals surface area contributed by atoms with Crippen LogP contribution in [0, 0.1) is 12.7 Å². The van der Waals surface area contributed by atoms with Gasteiger partial charge in [-0.15, -0.1) is 11.3 Å². The summed E-state index contributed by atoms with van der Waals surface area (Å²) in [6.07, 6.45) is 0. The molecule has 0 fully saturated rings. The Balaban J connectivity index is 2.25. The fourth-order valence-corrected chi connectivity index (χ4v) is 2.14. The molecular weight excluding hydrogens is 239 g/mol. The highest BCUT2D eigenvalue weighted by Crippen LogP contribution is 2.22. The first-order valence-electron chi connectivity index (χ1n) is 4.99. The SMILES string of the molecule is Cc1c(F)cccc1NC(=O)c1sccc1N. The molecule has 5 heteroatoms. The highest BCUT2D eigenvalue weighted by molar-refractivity contribution is 7.12. The van der Waals surface area contributed by atoms with Crippen molar-refractivity contribution in [2.75, 3.05) is 11.1 Å². The van der Waals surface area contributed by atoms with Crippen molar-refractivity contribution in [3.63, 3.8) is 0 Å². The van der Waals surface area contributed by atoms with Crippen LogP contribution in [0.3, 0.4) is 0 Å². The van der Waals surface area contributed by atoms with Gasteiger partial charge in [-0.05, 0) is 30.5 Å². The van der Waals surface area contributed by atoms with E-state index in [1.165, 1.54) is 17.4 Å². The van der Waals surface area contributed by atoms with Crippen molar-refractivity contribution in [2.24, 2.45) is 0 Å². The fourth-order valence-electron chi connectivity index (χ4n) is 1.43. The van der Waals surface area contributed by atoms with Crippen LogP contribution in [0.2, 0.25) is 0 Å². The van der Waals surface area contributed by atoms with Crippen LogP contribution in [-0.2, 0) is 0 Å². The zero-order valence-electron chi connectivity index (χ0n) is 9.16. The lowest BCUT2D eigenvalue weighted by molar-refractivity contribution is 0.103. The number of nitrogens with one attached hydrogen (secondary N) is 1. The minimum Gasteiger partial charge on any atom is -0.397 e. The molecule has 0 aliphatic heterocycles. The molecule has 88 valence electrons. The van der Waals surface area contributed by atoms with Crippen molar-refractivity contribution in [1.29, 1.82) is 0 Å². The summed E-state index contributed by atoms with van der Waals surface area (Å²) in [4.78, 5) is 12.3. The average molecular weight is 250 g/mol. The van der Waals surface area contributed by atoms with Crippen molar-refractivity contribution in [3.8, 4) is 0 Å². The standard InChI is InChI=1S/C12H11FN2OS/c1-7-8(13)3-2-4-10(7)15-12(16)11-9(14)5-6-17-11/h2-6H,14H2,1H3,(H,15,16). The maximum atomic E-state index is 13.3. The molecule has 3 nitrogen and oxygen atoms in total. The Labute approximate surface area is 102 Å². The van der Waals surface area contributed by atoms with Gasteiger partial charge in [0.05, 0.1) is 5.69 Å². The van der Waals surface area contributed by atoms with E-state index in [0.29, 0.717) is 21.8 Å². The van der Waals surface area contributed by atoms with Crippen molar-refractivity contribution in [1.82, 2.24) is 0 Å². The van der Waals surface area contributed by atoms with Crippen LogP contribution in [0.25, 0.3) is 0 Å². The number of amides is 1. The first-order chi connectivity index (χ1) is 8.09. The first-order valence-corrected chi connectivity index (χ1v) is 5.87. The lowest BCUT2D eigenvalue weighted by Crippen LogP contribution is -2.13.